The SMILES string of the molecule is CC1CCCC(N(C)CC(CBr)c2ccccc2)C1. The van der Waals surface area contributed by atoms with Gasteiger partial charge in [0.25, 0.3) is 0 Å². The van der Waals surface area contributed by atoms with E-state index >= 15 is 0 Å². The Morgan fingerprint density at radius 1 is 1.26 bits per heavy atom. The molecule has 2 heteroatoms. The predicted octanol–water partition coefficient (Wildman–Crippen LogP) is 4.68. The van der Waals surface area contributed by atoms with Crippen molar-refractivity contribution in [2.45, 2.75) is 44.6 Å². The molecule has 0 bridgehead atoms. The van der Waals surface area contributed by atoms with Gasteiger partial charge in [0.2, 0.25) is 0 Å². The normalized spacial score (nSPS) is 25.5. The first-order valence-corrected chi connectivity index (χ1v) is 8.64. The fraction of sp³-hybridized carbons (Fsp3) is 0.647. The molecule has 3 unspecified atom stereocenters. The molecule has 0 N–H and O–H groups in total. The second-order valence-corrected chi connectivity index (χ2v) is 6.77. The van der Waals surface area contributed by atoms with Crippen LogP contribution in [0.1, 0.15) is 44.1 Å². The molecule has 1 aromatic carbocycles. The summed E-state index contributed by atoms with van der Waals surface area (Å²) in [5.74, 6) is 1.50. The van der Waals surface area contributed by atoms with Gasteiger partial charge in [0.05, 0.1) is 0 Å². The highest BCUT2D eigenvalue weighted by Crippen LogP contribution is 2.28. The van der Waals surface area contributed by atoms with E-state index in [2.05, 4.69) is 65.1 Å². The fourth-order valence-corrected chi connectivity index (χ4v) is 3.85. The van der Waals surface area contributed by atoms with Crippen molar-refractivity contribution < 1.29 is 0 Å². The van der Waals surface area contributed by atoms with E-state index in [4.69, 9.17) is 0 Å². The number of likely N-dealkylation sites (N-methyl/N-ethyl adjacent to an activating group) is 1. The number of alkyl halides is 1. The molecule has 1 saturated carbocycles. The summed E-state index contributed by atoms with van der Waals surface area (Å²) in [6, 6.07) is 11.7. The highest BCUT2D eigenvalue weighted by molar-refractivity contribution is 9.09. The van der Waals surface area contributed by atoms with Gasteiger partial charge in [-0.1, -0.05) is 66.0 Å². The number of hydrogen-bond acceptors (Lipinski definition) is 1. The lowest BCUT2D eigenvalue weighted by Crippen LogP contribution is -2.38. The molecule has 1 nitrogen and oxygen atoms in total. The Hall–Kier alpha value is -0.340. The van der Waals surface area contributed by atoms with E-state index in [1.165, 1.54) is 31.2 Å². The van der Waals surface area contributed by atoms with Gasteiger partial charge in [-0.25, -0.2) is 0 Å². The number of nitrogens with zero attached hydrogens (tertiary/aromatic N) is 1. The van der Waals surface area contributed by atoms with Crippen LogP contribution in [0.4, 0.5) is 0 Å². The van der Waals surface area contributed by atoms with Gasteiger partial charge < -0.3 is 4.90 Å². The summed E-state index contributed by atoms with van der Waals surface area (Å²) in [7, 11) is 2.31. The minimum absolute atomic E-state index is 0.600. The van der Waals surface area contributed by atoms with E-state index in [9.17, 15) is 0 Å². The molecule has 19 heavy (non-hydrogen) atoms. The van der Waals surface area contributed by atoms with Crippen LogP contribution in [0.15, 0.2) is 30.3 Å². The largest absolute Gasteiger partial charge is 0.303 e. The molecule has 0 heterocycles. The summed E-state index contributed by atoms with van der Waals surface area (Å²) in [5, 5.41) is 1.05. The van der Waals surface area contributed by atoms with Gasteiger partial charge in [0, 0.05) is 23.8 Å². The van der Waals surface area contributed by atoms with E-state index in [-0.39, 0.29) is 0 Å². The summed E-state index contributed by atoms with van der Waals surface area (Å²) in [6.45, 7) is 3.56. The second-order valence-electron chi connectivity index (χ2n) is 6.13. The van der Waals surface area contributed by atoms with Crippen LogP contribution >= 0.6 is 15.9 Å². The molecule has 0 spiro atoms. The van der Waals surface area contributed by atoms with Crippen molar-refractivity contribution in [1.29, 1.82) is 0 Å². The monoisotopic (exact) mass is 323 g/mol. The zero-order valence-electron chi connectivity index (χ0n) is 12.2. The third-order valence-corrected chi connectivity index (χ3v) is 5.28. The first-order chi connectivity index (χ1) is 9.20. The molecule has 0 aromatic heterocycles. The van der Waals surface area contributed by atoms with Crippen molar-refractivity contribution >= 4 is 15.9 Å². The molecule has 1 aliphatic rings. The van der Waals surface area contributed by atoms with Crippen LogP contribution in [-0.4, -0.2) is 29.9 Å². The molecule has 1 aromatic rings. The van der Waals surface area contributed by atoms with Gasteiger partial charge in [0.15, 0.2) is 0 Å². The smallest absolute Gasteiger partial charge is 0.0112 e. The number of rotatable bonds is 5. The second kappa shape index (κ2) is 7.44. The standard InChI is InChI=1S/C17H26BrN/c1-14-7-6-10-17(11-14)19(2)13-16(12-18)15-8-4-3-5-9-15/h3-5,8-9,14,16-17H,6-7,10-13H2,1-2H3. The van der Waals surface area contributed by atoms with Crippen LogP contribution in [-0.2, 0) is 0 Å². The van der Waals surface area contributed by atoms with E-state index in [1.807, 2.05) is 0 Å². The van der Waals surface area contributed by atoms with Crippen LogP contribution in [0.25, 0.3) is 0 Å². The molecular formula is C17H26BrN. The third-order valence-electron chi connectivity index (χ3n) is 4.50. The maximum atomic E-state index is 3.69. The molecule has 0 amide bonds. The van der Waals surface area contributed by atoms with Crippen molar-refractivity contribution in [2.24, 2.45) is 5.92 Å². The maximum Gasteiger partial charge on any atom is 0.0112 e. The van der Waals surface area contributed by atoms with Crippen LogP contribution < -0.4 is 0 Å². The Morgan fingerprint density at radius 2 is 2.00 bits per heavy atom. The lowest BCUT2D eigenvalue weighted by Gasteiger charge is -2.36. The maximum absolute atomic E-state index is 3.69. The van der Waals surface area contributed by atoms with Crippen molar-refractivity contribution in [3.8, 4) is 0 Å². The average molecular weight is 324 g/mol. The van der Waals surface area contributed by atoms with E-state index in [1.54, 1.807) is 0 Å². The number of benzene rings is 1. The predicted molar refractivity (Wildman–Crippen MR) is 87.0 cm³/mol. The van der Waals surface area contributed by atoms with Crippen molar-refractivity contribution in [1.82, 2.24) is 4.90 Å². The van der Waals surface area contributed by atoms with Gasteiger partial charge in [-0.15, -0.1) is 0 Å². The summed E-state index contributed by atoms with van der Waals surface area (Å²) in [4.78, 5) is 2.59. The van der Waals surface area contributed by atoms with Crippen molar-refractivity contribution in [3.05, 3.63) is 35.9 Å². The first kappa shape index (κ1) is 15.1. The molecule has 1 fully saturated rings. The highest BCUT2D eigenvalue weighted by Gasteiger charge is 2.24. The molecular weight excluding hydrogens is 298 g/mol. The minimum atomic E-state index is 0.600. The van der Waals surface area contributed by atoms with Crippen LogP contribution in [0.5, 0.6) is 0 Å². The van der Waals surface area contributed by atoms with E-state index < -0.39 is 0 Å². The van der Waals surface area contributed by atoms with Gasteiger partial charge in [-0.2, -0.15) is 0 Å². The molecule has 1 aliphatic carbocycles. The summed E-state index contributed by atoms with van der Waals surface area (Å²) in [5.41, 5.74) is 1.45. The first-order valence-electron chi connectivity index (χ1n) is 7.52. The number of halogens is 1. The topological polar surface area (TPSA) is 3.24 Å². The van der Waals surface area contributed by atoms with Crippen molar-refractivity contribution in [3.63, 3.8) is 0 Å². The van der Waals surface area contributed by atoms with Crippen LogP contribution in [0.3, 0.4) is 0 Å². The molecule has 0 saturated heterocycles. The lowest BCUT2D eigenvalue weighted by molar-refractivity contribution is 0.159. The Kier molecular flexibility index (Phi) is 5.90. The lowest BCUT2D eigenvalue weighted by atomic mass is 9.86. The van der Waals surface area contributed by atoms with Gasteiger partial charge in [-0.3, -0.25) is 0 Å². The molecule has 0 radical (unpaired) electrons. The highest BCUT2D eigenvalue weighted by atomic mass is 79.9. The van der Waals surface area contributed by atoms with Gasteiger partial charge >= 0.3 is 0 Å². The zero-order chi connectivity index (χ0) is 13.7. The summed E-state index contributed by atoms with van der Waals surface area (Å²) < 4.78 is 0. The average Bonchev–Trinajstić information content (AvgIpc) is 2.45. The molecule has 2 rings (SSSR count). The summed E-state index contributed by atoms with van der Waals surface area (Å²) >= 11 is 3.69. The Morgan fingerprint density at radius 3 is 2.63 bits per heavy atom. The molecule has 0 aliphatic heterocycles. The molecule has 106 valence electrons. The quantitative estimate of drug-likeness (QED) is 0.711. The zero-order valence-corrected chi connectivity index (χ0v) is 13.8. The van der Waals surface area contributed by atoms with Gasteiger partial charge in [0.1, 0.15) is 0 Å². The van der Waals surface area contributed by atoms with E-state index in [0.717, 1.165) is 23.8 Å². The number of hydrogen-bond donors (Lipinski definition) is 0. The van der Waals surface area contributed by atoms with Crippen LogP contribution in [0, 0.1) is 5.92 Å². The molecule has 3 atom stereocenters. The Balaban J connectivity index is 1.94. The van der Waals surface area contributed by atoms with Crippen LogP contribution in [0.2, 0.25) is 0 Å². The fourth-order valence-electron chi connectivity index (χ4n) is 3.27. The Labute approximate surface area is 126 Å². The summed E-state index contributed by atoms with van der Waals surface area (Å²) in [6.07, 6.45) is 5.58. The van der Waals surface area contributed by atoms with E-state index in [0.29, 0.717) is 5.92 Å². The Bertz CT molecular complexity index is 365. The minimum Gasteiger partial charge on any atom is -0.303 e. The van der Waals surface area contributed by atoms with Crippen molar-refractivity contribution in [2.75, 3.05) is 18.9 Å². The van der Waals surface area contributed by atoms with Gasteiger partial charge in [-0.05, 0) is 31.4 Å². The third kappa shape index (κ3) is 4.32.